The highest BCUT2D eigenvalue weighted by Crippen LogP contribution is 2.27. The summed E-state index contributed by atoms with van der Waals surface area (Å²) >= 11 is 0. The van der Waals surface area contributed by atoms with Gasteiger partial charge in [-0.05, 0) is 12.1 Å². The zero-order valence-electron chi connectivity index (χ0n) is 10.1. The maximum Gasteiger partial charge on any atom is 0.252 e. The van der Waals surface area contributed by atoms with Crippen molar-refractivity contribution in [3.8, 4) is 17.6 Å². The molecule has 0 bridgehead atoms. The van der Waals surface area contributed by atoms with E-state index < -0.39 is 0 Å². The van der Waals surface area contributed by atoms with Crippen molar-refractivity contribution in [1.82, 2.24) is 19.7 Å². The fourth-order valence-electron chi connectivity index (χ4n) is 1.94. The second-order valence-corrected chi connectivity index (χ2v) is 3.81. The summed E-state index contributed by atoms with van der Waals surface area (Å²) in [6, 6.07) is 9.46. The zero-order chi connectivity index (χ0) is 13.2. The molecule has 3 rings (SSSR count). The number of hydrogen-bond acceptors (Lipinski definition) is 5. The van der Waals surface area contributed by atoms with Gasteiger partial charge in [-0.1, -0.05) is 12.1 Å². The van der Waals surface area contributed by atoms with Crippen LogP contribution in [0.15, 0.2) is 36.8 Å². The van der Waals surface area contributed by atoms with Crippen molar-refractivity contribution < 1.29 is 4.74 Å². The summed E-state index contributed by atoms with van der Waals surface area (Å²) in [5, 5.41) is 14.6. The van der Waals surface area contributed by atoms with Crippen molar-refractivity contribution in [2.45, 2.75) is 0 Å². The molecule has 1 aromatic carbocycles. The molecule has 0 N–H and O–H groups in total. The van der Waals surface area contributed by atoms with Crippen molar-refractivity contribution >= 4 is 10.8 Å². The van der Waals surface area contributed by atoms with Gasteiger partial charge in [0, 0.05) is 17.0 Å². The molecule has 0 unspecified atom stereocenters. The van der Waals surface area contributed by atoms with E-state index >= 15 is 0 Å². The Balaban J connectivity index is 2.27. The van der Waals surface area contributed by atoms with Gasteiger partial charge in [0.2, 0.25) is 0 Å². The van der Waals surface area contributed by atoms with Gasteiger partial charge in [0.05, 0.1) is 7.11 Å². The predicted molar refractivity (Wildman–Crippen MR) is 67.9 cm³/mol. The van der Waals surface area contributed by atoms with E-state index in [1.54, 1.807) is 13.3 Å². The Morgan fingerprint density at radius 2 is 2.11 bits per heavy atom. The molecule has 3 aromatic rings. The average molecular weight is 251 g/mol. The Morgan fingerprint density at radius 1 is 1.21 bits per heavy atom. The van der Waals surface area contributed by atoms with Crippen LogP contribution in [0.2, 0.25) is 0 Å². The molecule has 0 aliphatic rings. The molecule has 6 nitrogen and oxygen atoms in total. The number of methoxy groups -OCH3 is 1. The van der Waals surface area contributed by atoms with E-state index in [0.29, 0.717) is 5.82 Å². The first kappa shape index (κ1) is 11.2. The van der Waals surface area contributed by atoms with Gasteiger partial charge in [0.1, 0.15) is 18.1 Å². The maximum absolute atomic E-state index is 8.76. The average Bonchev–Trinajstić information content (AvgIpc) is 2.94. The Bertz CT molecular complexity index is 787. The van der Waals surface area contributed by atoms with Crippen molar-refractivity contribution in [1.29, 1.82) is 5.26 Å². The highest BCUT2D eigenvalue weighted by Gasteiger charge is 2.09. The summed E-state index contributed by atoms with van der Waals surface area (Å²) in [7, 11) is 1.62. The highest BCUT2D eigenvalue weighted by molar-refractivity contribution is 5.92. The molecule has 0 radical (unpaired) electrons. The molecular formula is C13H9N5O. The molecule has 19 heavy (non-hydrogen) atoms. The SMILES string of the molecule is COc1cccc2c(-n3cnc(C#N)n3)nccc12. The van der Waals surface area contributed by atoms with Crippen LogP contribution in [0.3, 0.4) is 0 Å². The Morgan fingerprint density at radius 3 is 2.84 bits per heavy atom. The number of ether oxygens (including phenoxy) is 1. The van der Waals surface area contributed by atoms with Crippen LogP contribution >= 0.6 is 0 Å². The largest absolute Gasteiger partial charge is 0.496 e. The van der Waals surface area contributed by atoms with Crippen molar-refractivity contribution in [3.63, 3.8) is 0 Å². The number of benzene rings is 1. The van der Waals surface area contributed by atoms with E-state index in [4.69, 9.17) is 10.00 Å². The molecule has 0 amide bonds. The van der Waals surface area contributed by atoms with Crippen LogP contribution < -0.4 is 4.74 Å². The molecule has 2 aromatic heterocycles. The minimum atomic E-state index is 0.113. The molecular weight excluding hydrogens is 242 g/mol. The molecule has 0 aliphatic carbocycles. The number of hydrogen-bond donors (Lipinski definition) is 0. The highest BCUT2D eigenvalue weighted by atomic mass is 16.5. The van der Waals surface area contributed by atoms with E-state index in [2.05, 4.69) is 15.1 Å². The maximum atomic E-state index is 8.76. The van der Waals surface area contributed by atoms with E-state index in [1.165, 1.54) is 11.0 Å². The Hall–Kier alpha value is -2.94. The minimum absolute atomic E-state index is 0.113. The second kappa shape index (κ2) is 4.38. The lowest BCUT2D eigenvalue weighted by Crippen LogP contribution is -2.00. The van der Waals surface area contributed by atoms with Crippen LogP contribution in [0.25, 0.3) is 16.6 Å². The molecule has 92 valence electrons. The van der Waals surface area contributed by atoms with Crippen LogP contribution in [0.5, 0.6) is 5.75 Å². The Kier molecular flexibility index (Phi) is 2.58. The topological polar surface area (TPSA) is 76.6 Å². The van der Waals surface area contributed by atoms with E-state index in [0.717, 1.165) is 16.5 Å². The van der Waals surface area contributed by atoms with Gasteiger partial charge in [0.15, 0.2) is 5.82 Å². The quantitative estimate of drug-likeness (QED) is 0.692. The molecule has 2 heterocycles. The van der Waals surface area contributed by atoms with E-state index in [-0.39, 0.29) is 5.82 Å². The van der Waals surface area contributed by atoms with Gasteiger partial charge < -0.3 is 4.74 Å². The van der Waals surface area contributed by atoms with Gasteiger partial charge in [-0.15, -0.1) is 5.10 Å². The molecule has 0 saturated heterocycles. The van der Waals surface area contributed by atoms with Crippen molar-refractivity contribution in [2.24, 2.45) is 0 Å². The summed E-state index contributed by atoms with van der Waals surface area (Å²) in [4.78, 5) is 8.18. The van der Waals surface area contributed by atoms with Crippen LogP contribution in [0.1, 0.15) is 5.82 Å². The minimum Gasteiger partial charge on any atom is -0.496 e. The summed E-state index contributed by atoms with van der Waals surface area (Å²) in [5.41, 5.74) is 0. The standard InChI is InChI=1S/C13H9N5O/c1-19-11-4-2-3-10-9(11)5-6-15-13(10)18-8-16-12(7-14)17-18/h2-6,8H,1H3. The molecule has 0 fully saturated rings. The smallest absolute Gasteiger partial charge is 0.252 e. The fourth-order valence-corrected chi connectivity index (χ4v) is 1.94. The number of rotatable bonds is 2. The van der Waals surface area contributed by atoms with Crippen molar-refractivity contribution in [2.75, 3.05) is 7.11 Å². The molecule has 0 spiro atoms. The third kappa shape index (κ3) is 1.77. The van der Waals surface area contributed by atoms with E-state index in [1.807, 2.05) is 30.3 Å². The molecule has 0 atom stereocenters. The zero-order valence-corrected chi connectivity index (χ0v) is 10.1. The third-order valence-corrected chi connectivity index (χ3v) is 2.77. The summed E-state index contributed by atoms with van der Waals surface area (Å²) < 4.78 is 6.81. The number of nitrogens with zero attached hydrogens (tertiary/aromatic N) is 5. The lowest BCUT2D eigenvalue weighted by molar-refractivity contribution is 0.420. The number of nitriles is 1. The number of aromatic nitrogens is 4. The van der Waals surface area contributed by atoms with Crippen LogP contribution in [0, 0.1) is 11.3 Å². The van der Waals surface area contributed by atoms with Gasteiger partial charge in [-0.2, -0.15) is 5.26 Å². The first-order valence-electron chi connectivity index (χ1n) is 5.57. The first-order chi connectivity index (χ1) is 9.33. The first-order valence-corrected chi connectivity index (χ1v) is 5.57. The lowest BCUT2D eigenvalue weighted by atomic mass is 10.1. The van der Waals surface area contributed by atoms with Gasteiger partial charge in [-0.25, -0.2) is 14.6 Å². The van der Waals surface area contributed by atoms with Crippen LogP contribution in [0.4, 0.5) is 0 Å². The van der Waals surface area contributed by atoms with Crippen LogP contribution in [-0.4, -0.2) is 26.9 Å². The lowest BCUT2D eigenvalue weighted by Gasteiger charge is -2.08. The number of fused-ring (bicyclic) bond motifs is 1. The molecule has 0 saturated carbocycles. The van der Waals surface area contributed by atoms with Crippen molar-refractivity contribution in [3.05, 3.63) is 42.6 Å². The van der Waals surface area contributed by atoms with Gasteiger partial charge in [0.25, 0.3) is 5.82 Å². The molecule has 0 aliphatic heterocycles. The normalized spacial score (nSPS) is 10.3. The predicted octanol–water partition coefficient (Wildman–Crippen LogP) is 1.70. The van der Waals surface area contributed by atoms with E-state index in [9.17, 15) is 0 Å². The fraction of sp³-hybridized carbons (Fsp3) is 0.0769. The Labute approximate surface area is 108 Å². The number of pyridine rings is 1. The monoisotopic (exact) mass is 251 g/mol. The van der Waals surface area contributed by atoms with Gasteiger partial charge >= 0.3 is 0 Å². The van der Waals surface area contributed by atoms with Gasteiger partial charge in [-0.3, -0.25) is 0 Å². The summed E-state index contributed by atoms with van der Waals surface area (Å²) in [6.07, 6.45) is 3.15. The third-order valence-electron chi connectivity index (χ3n) is 2.77. The van der Waals surface area contributed by atoms with Crippen LogP contribution in [-0.2, 0) is 0 Å². The second-order valence-electron chi connectivity index (χ2n) is 3.81. The molecule has 6 heteroatoms. The summed E-state index contributed by atoms with van der Waals surface area (Å²) in [5.74, 6) is 1.49. The summed E-state index contributed by atoms with van der Waals surface area (Å²) in [6.45, 7) is 0.